The third kappa shape index (κ3) is 4.79. The molecule has 0 aliphatic heterocycles. The first-order valence-corrected chi connectivity index (χ1v) is 7.60. The molecule has 0 fully saturated rings. The SMILES string of the molecule is O=C(NC(=S)NNc1ccc([N+](=O)[O-])cc1)c1ccc(Cl)cc1Cl. The van der Waals surface area contributed by atoms with Gasteiger partial charge in [0.05, 0.1) is 21.2 Å². The number of carbonyl (C=O) groups is 1. The molecule has 0 spiro atoms. The second-order valence-electron chi connectivity index (χ2n) is 4.46. The predicted molar refractivity (Wildman–Crippen MR) is 96.4 cm³/mol. The summed E-state index contributed by atoms with van der Waals surface area (Å²) in [5, 5.41) is 13.6. The summed E-state index contributed by atoms with van der Waals surface area (Å²) < 4.78 is 0. The van der Waals surface area contributed by atoms with Crippen LogP contribution in [0.3, 0.4) is 0 Å². The summed E-state index contributed by atoms with van der Waals surface area (Å²) in [6, 6.07) is 10.1. The van der Waals surface area contributed by atoms with Crippen LogP contribution in [-0.2, 0) is 0 Å². The second kappa shape index (κ2) is 7.91. The lowest BCUT2D eigenvalue weighted by molar-refractivity contribution is -0.384. The molecule has 0 aliphatic rings. The molecule has 2 aromatic carbocycles. The molecule has 1 amide bonds. The number of anilines is 1. The van der Waals surface area contributed by atoms with Gasteiger partial charge in [-0.3, -0.25) is 31.1 Å². The molecule has 124 valence electrons. The Bertz CT molecular complexity index is 799. The maximum absolute atomic E-state index is 12.0. The topological polar surface area (TPSA) is 96.3 Å². The number of hydrogen-bond donors (Lipinski definition) is 3. The molecule has 2 aromatic rings. The molecule has 7 nitrogen and oxygen atoms in total. The Balaban J connectivity index is 1.90. The van der Waals surface area contributed by atoms with E-state index in [9.17, 15) is 14.9 Å². The summed E-state index contributed by atoms with van der Waals surface area (Å²) >= 11 is 16.7. The van der Waals surface area contributed by atoms with Crippen LogP contribution in [0.2, 0.25) is 10.0 Å². The number of non-ortho nitro benzene ring substituents is 1. The summed E-state index contributed by atoms with van der Waals surface area (Å²) in [7, 11) is 0. The van der Waals surface area contributed by atoms with Crippen LogP contribution in [0.1, 0.15) is 10.4 Å². The van der Waals surface area contributed by atoms with E-state index >= 15 is 0 Å². The lowest BCUT2D eigenvalue weighted by Crippen LogP contribution is -2.42. The zero-order valence-electron chi connectivity index (χ0n) is 11.9. The van der Waals surface area contributed by atoms with Gasteiger partial charge in [-0.15, -0.1) is 0 Å². The van der Waals surface area contributed by atoms with E-state index in [1.165, 1.54) is 42.5 Å². The van der Waals surface area contributed by atoms with Gasteiger partial charge in [0.25, 0.3) is 11.6 Å². The molecule has 0 saturated carbocycles. The fourth-order valence-electron chi connectivity index (χ4n) is 1.67. The Kier molecular flexibility index (Phi) is 5.91. The van der Waals surface area contributed by atoms with Crippen molar-refractivity contribution < 1.29 is 9.72 Å². The van der Waals surface area contributed by atoms with E-state index in [4.69, 9.17) is 35.4 Å². The van der Waals surface area contributed by atoms with Gasteiger partial charge in [-0.1, -0.05) is 23.2 Å². The highest BCUT2D eigenvalue weighted by Crippen LogP contribution is 2.20. The Morgan fingerprint density at radius 3 is 2.38 bits per heavy atom. The zero-order chi connectivity index (χ0) is 17.7. The van der Waals surface area contributed by atoms with E-state index in [0.717, 1.165) is 0 Å². The van der Waals surface area contributed by atoms with Crippen molar-refractivity contribution in [3.8, 4) is 0 Å². The summed E-state index contributed by atoms with van der Waals surface area (Å²) in [4.78, 5) is 22.1. The van der Waals surface area contributed by atoms with Crippen LogP contribution in [0.4, 0.5) is 11.4 Å². The standard InChI is InChI=1S/C14H10Cl2N4O3S/c15-8-1-6-11(12(16)7-8)13(21)17-14(24)19-18-9-2-4-10(5-3-9)20(22)23/h1-7,18H,(H2,17,19,21,24). The highest BCUT2D eigenvalue weighted by atomic mass is 35.5. The first-order chi connectivity index (χ1) is 11.4. The lowest BCUT2D eigenvalue weighted by atomic mass is 10.2. The zero-order valence-corrected chi connectivity index (χ0v) is 14.2. The number of amides is 1. The van der Waals surface area contributed by atoms with Gasteiger partial charge in [0.2, 0.25) is 0 Å². The number of halogens is 2. The number of nitrogens with zero attached hydrogens (tertiary/aromatic N) is 1. The normalized spacial score (nSPS) is 9.92. The van der Waals surface area contributed by atoms with Gasteiger partial charge in [0.15, 0.2) is 5.11 Å². The fourth-order valence-corrected chi connectivity index (χ4v) is 2.31. The number of thiocarbonyl (C=S) groups is 1. The molecule has 0 atom stereocenters. The van der Waals surface area contributed by atoms with Crippen LogP contribution >= 0.6 is 35.4 Å². The number of carbonyl (C=O) groups excluding carboxylic acids is 1. The maximum Gasteiger partial charge on any atom is 0.269 e. The minimum Gasteiger partial charge on any atom is -0.299 e. The molecular formula is C14H10Cl2N4O3S. The molecule has 2 rings (SSSR count). The minimum atomic E-state index is -0.502. The smallest absolute Gasteiger partial charge is 0.269 e. The molecule has 0 aliphatic carbocycles. The Hall–Kier alpha value is -2.42. The first-order valence-electron chi connectivity index (χ1n) is 6.43. The fraction of sp³-hybridized carbons (Fsp3) is 0. The lowest BCUT2D eigenvalue weighted by Gasteiger charge is -2.12. The van der Waals surface area contributed by atoms with Crippen LogP contribution < -0.4 is 16.2 Å². The van der Waals surface area contributed by atoms with Crippen molar-refractivity contribution >= 4 is 57.8 Å². The number of nitrogens with one attached hydrogen (secondary N) is 3. The van der Waals surface area contributed by atoms with E-state index < -0.39 is 10.8 Å². The molecule has 10 heteroatoms. The van der Waals surface area contributed by atoms with Gasteiger partial charge >= 0.3 is 0 Å². The van der Waals surface area contributed by atoms with E-state index in [0.29, 0.717) is 10.7 Å². The van der Waals surface area contributed by atoms with E-state index in [1.807, 2.05) is 0 Å². The van der Waals surface area contributed by atoms with Gasteiger partial charge in [-0.2, -0.15) is 0 Å². The third-order valence-corrected chi connectivity index (χ3v) is 3.55. The Morgan fingerprint density at radius 2 is 1.79 bits per heavy atom. The quantitative estimate of drug-likeness (QED) is 0.423. The largest absolute Gasteiger partial charge is 0.299 e. The molecule has 0 unspecified atom stereocenters. The van der Waals surface area contributed by atoms with Crippen molar-refractivity contribution in [2.24, 2.45) is 0 Å². The first kappa shape index (κ1) is 17.9. The van der Waals surface area contributed by atoms with Crippen molar-refractivity contribution in [2.75, 3.05) is 5.43 Å². The van der Waals surface area contributed by atoms with E-state index in [1.54, 1.807) is 0 Å². The van der Waals surface area contributed by atoms with Gasteiger partial charge in [-0.05, 0) is 42.5 Å². The van der Waals surface area contributed by atoms with E-state index in [2.05, 4.69) is 16.2 Å². The molecule has 0 heterocycles. The van der Waals surface area contributed by atoms with Crippen LogP contribution in [0.5, 0.6) is 0 Å². The highest BCUT2D eigenvalue weighted by Gasteiger charge is 2.12. The van der Waals surface area contributed by atoms with Gasteiger partial charge in [-0.25, -0.2) is 0 Å². The maximum atomic E-state index is 12.0. The minimum absolute atomic E-state index is 0.00405. The number of nitro groups is 1. The van der Waals surface area contributed by atoms with Crippen LogP contribution in [0.25, 0.3) is 0 Å². The summed E-state index contributed by atoms with van der Waals surface area (Å²) in [5.74, 6) is -0.500. The molecule has 0 saturated heterocycles. The Morgan fingerprint density at radius 1 is 1.12 bits per heavy atom. The Labute approximate surface area is 152 Å². The number of rotatable bonds is 4. The highest BCUT2D eigenvalue weighted by molar-refractivity contribution is 7.80. The van der Waals surface area contributed by atoms with Crippen LogP contribution in [-0.4, -0.2) is 15.9 Å². The number of nitro benzene ring substituents is 1. The third-order valence-electron chi connectivity index (χ3n) is 2.80. The summed E-state index contributed by atoms with van der Waals surface area (Å²) in [6.07, 6.45) is 0. The number of hydrazine groups is 1. The van der Waals surface area contributed by atoms with Gasteiger partial charge < -0.3 is 0 Å². The molecular weight excluding hydrogens is 375 g/mol. The number of benzene rings is 2. The van der Waals surface area contributed by atoms with Crippen molar-refractivity contribution in [1.82, 2.24) is 10.7 Å². The van der Waals surface area contributed by atoms with Gasteiger partial charge in [0.1, 0.15) is 0 Å². The molecule has 3 N–H and O–H groups in total. The van der Waals surface area contributed by atoms with Gasteiger partial charge in [0, 0.05) is 17.2 Å². The molecule has 0 radical (unpaired) electrons. The van der Waals surface area contributed by atoms with E-state index in [-0.39, 0.29) is 21.4 Å². The predicted octanol–water partition coefficient (Wildman–Crippen LogP) is 3.53. The monoisotopic (exact) mass is 384 g/mol. The average molecular weight is 385 g/mol. The van der Waals surface area contributed by atoms with Crippen molar-refractivity contribution in [3.05, 3.63) is 68.2 Å². The summed E-state index contributed by atoms with van der Waals surface area (Å²) in [6.45, 7) is 0. The molecule has 24 heavy (non-hydrogen) atoms. The van der Waals surface area contributed by atoms with Crippen molar-refractivity contribution in [3.63, 3.8) is 0 Å². The van der Waals surface area contributed by atoms with Crippen molar-refractivity contribution in [1.29, 1.82) is 0 Å². The average Bonchev–Trinajstić information content (AvgIpc) is 2.53. The van der Waals surface area contributed by atoms with Crippen LogP contribution in [0.15, 0.2) is 42.5 Å². The second-order valence-corrected chi connectivity index (χ2v) is 5.71. The summed E-state index contributed by atoms with van der Waals surface area (Å²) in [5.41, 5.74) is 6.02. The van der Waals surface area contributed by atoms with Crippen molar-refractivity contribution in [2.45, 2.75) is 0 Å². The molecule has 0 bridgehead atoms. The molecule has 0 aromatic heterocycles. The van der Waals surface area contributed by atoms with Crippen LogP contribution in [0, 0.1) is 10.1 Å². The number of hydrogen-bond acceptors (Lipinski definition) is 5.